The van der Waals surface area contributed by atoms with Gasteiger partial charge in [0.05, 0.1) is 5.52 Å². The Balaban J connectivity index is 0.00000192. The first-order valence-electron chi connectivity index (χ1n) is 7.54. The van der Waals surface area contributed by atoms with Crippen LogP contribution in [0.2, 0.25) is 5.02 Å². The molecule has 0 spiro atoms. The fraction of sp³-hybridized carbons (Fsp3) is 0.278. The quantitative estimate of drug-likeness (QED) is 0.686. The van der Waals surface area contributed by atoms with Crippen molar-refractivity contribution in [1.29, 1.82) is 0 Å². The molecule has 3 nitrogen and oxygen atoms in total. The maximum Gasteiger partial charge on any atom is 0.150 e. The highest BCUT2D eigenvalue weighted by Crippen LogP contribution is 2.29. The summed E-state index contributed by atoms with van der Waals surface area (Å²) in [5.74, 6) is 0.936. The summed E-state index contributed by atoms with van der Waals surface area (Å²) < 4.78 is 2.32. The van der Waals surface area contributed by atoms with E-state index in [0.717, 1.165) is 23.9 Å². The van der Waals surface area contributed by atoms with E-state index in [1.165, 1.54) is 27.7 Å². The summed E-state index contributed by atoms with van der Waals surface area (Å²) in [5.41, 5.74) is 5.01. The van der Waals surface area contributed by atoms with Gasteiger partial charge in [-0.05, 0) is 50.1 Å². The third kappa shape index (κ3) is 3.31. The standard InChI is InChI=1S/C18H20ClN3.ClH/c1-4-22-13(3)12(2)16-9-10-20-18(17(16)22)21-11-14-5-7-15(19)8-6-14;/h5-10H,4,11H2,1-3H3,(H,20,21);1H. The van der Waals surface area contributed by atoms with Crippen LogP contribution >= 0.6 is 24.0 Å². The molecule has 0 aliphatic heterocycles. The Bertz CT molecular complexity index is 807. The average molecular weight is 350 g/mol. The molecule has 5 heteroatoms. The zero-order chi connectivity index (χ0) is 15.7. The predicted octanol–water partition coefficient (Wildman–Crippen LogP) is 5.36. The normalized spacial score (nSPS) is 10.6. The second-order valence-corrected chi connectivity index (χ2v) is 5.93. The van der Waals surface area contributed by atoms with E-state index in [4.69, 9.17) is 11.6 Å². The highest BCUT2D eigenvalue weighted by molar-refractivity contribution is 6.30. The first kappa shape index (κ1) is 17.6. The van der Waals surface area contributed by atoms with Crippen LogP contribution in [0.25, 0.3) is 10.9 Å². The zero-order valence-electron chi connectivity index (χ0n) is 13.6. The van der Waals surface area contributed by atoms with E-state index in [-0.39, 0.29) is 12.4 Å². The second kappa shape index (κ2) is 7.24. The maximum absolute atomic E-state index is 5.93. The fourth-order valence-electron chi connectivity index (χ4n) is 2.91. The van der Waals surface area contributed by atoms with Gasteiger partial charge in [0, 0.05) is 35.4 Å². The van der Waals surface area contributed by atoms with Crippen molar-refractivity contribution in [2.45, 2.75) is 33.9 Å². The lowest BCUT2D eigenvalue weighted by atomic mass is 10.2. The molecule has 2 heterocycles. The zero-order valence-corrected chi connectivity index (χ0v) is 15.1. The number of hydrogen-bond acceptors (Lipinski definition) is 2. The van der Waals surface area contributed by atoms with Gasteiger partial charge in [0.15, 0.2) is 5.82 Å². The van der Waals surface area contributed by atoms with Crippen LogP contribution in [0.5, 0.6) is 0 Å². The number of pyridine rings is 1. The van der Waals surface area contributed by atoms with Crippen molar-refractivity contribution in [3.63, 3.8) is 0 Å². The van der Waals surface area contributed by atoms with E-state index in [1.807, 2.05) is 30.5 Å². The number of benzene rings is 1. The number of fused-ring (bicyclic) bond motifs is 1. The molecule has 0 fully saturated rings. The second-order valence-electron chi connectivity index (χ2n) is 5.49. The van der Waals surface area contributed by atoms with Crippen LogP contribution in [0.15, 0.2) is 36.5 Å². The molecule has 0 amide bonds. The van der Waals surface area contributed by atoms with Crippen molar-refractivity contribution in [3.8, 4) is 0 Å². The number of nitrogens with zero attached hydrogens (tertiary/aromatic N) is 2. The van der Waals surface area contributed by atoms with Crippen molar-refractivity contribution < 1.29 is 0 Å². The summed E-state index contributed by atoms with van der Waals surface area (Å²) in [4.78, 5) is 4.54. The molecule has 0 aliphatic carbocycles. The van der Waals surface area contributed by atoms with Gasteiger partial charge in [0.2, 0.25) is 0 Å². The van der Waals surface area contributed by atoms with Crippen LogP contribution in [0.4, 0.5) is 5.82 Å². The van der Waals surface area contributed by atoms with Crippen LogP contribution < -0.4 is 5.32 Å². The summed E-state index contributed by atoms with van der Waals surface area (Å²) in [6, 6.07) is 9.98. The fourth-order valence-corrected chi connectivity index (χ4v) is 3.03. The summed E-state index contributed by atoms with van der Waals surface area (Å²) >= 11 is 5.93. The number of aromatic nitrogens is 2. The summed E-state index contributed by atoms with van der Waals surface area (Å²) in [7, 11) is 0. The molecule has 0 aliphatic rings. The van der Waals surface area contributed by atoms with Gasteiger partial charge in [0.25, 0.3) is 0 Å². The van der Waals surface area contributed by atoms with Crippen LogP contribution in [0.1, 0.15) is 23.7 Å². The smallest absolute Gasteiger partial charge is 0.150 e. The Morgan fingerprint density at radius 1 is 1.13 bits per heavy atom. The van der Waals surface area contributed by atoms with Gasteiger partial charge >= 0.3 is 0 Å². The Labute approximate surface area is 148 Å². The van der Waals surface area contributed by atoms with E-state index in [0.29, 0.717) is 0 Å². The molecule has 122 valence electrons. The van der Waals surface area contributed by atoms with Gasteiger partial charge in [0.1, 0.15) is 0 Å². The maximum atomic E-state index is 5.93. The van der Waals surface area contributed by atoms with Crippen LogP contribution in [0, 0.1) is 13.8 Å². The summed E-state index contributed by atoms with van der Waals surface area (Å²) in [6.07, 6.45) is 1.87. The molecule has 3 rings (SSSR count). The monoisotopic (exact) mass is 349 g/mol. The molecule has 23 heavy (non-hydrogen) atoms. The number of anilines is 1. The lowest BCUT2D eigenvalue weighted by Gasteiger charge is -2.11. The van der Waals surface area contributed by atoms with Gasteiger partial charge in [-0.15, -0.1) is 12.4 Å². The number of nitrogens with one attached hydrogen (secondary N) is 1. The highest BCUT2D eigenvalue weighted by Gasteiger charge is 2.13. The van der Waals surface area contributed by atoms with Crippen LogP contribution in [0.3, 0.4) is 0 Å². The van der Waals surface area contributed by atoms with E-state index >= 15 is 0 Å². The van der Waals surface area contributed by atoms with E-state index in [2.05, 4.69) is 41.7 Å². The molecule has 0 atom stereocenters. The number of hydrogen-bond donors (Lipinski definition) is 1. The highest BCUT2D eigenvalue weighted by atomic mass is 35.5. The minimum absolute atomic E-state index is 0. The Morgan fingerprint density at radius 2 is 1.83 bits per heavy atom. The van der Waals surface area contributed by atoms with Crippen molar-refractivity contribution in [2.75, 3.05) is 5.32 Å². The van der Waals surface area contributed by atoms with E-state index in [1.54, 1.807) is 0 Å². The topological polar surface area (TPSA) is 29.9 Å². The van der Waals surface area contributed by atoms with E-state index in [9.17, 15) is 0 Å². The molecule has 2 aromatic heterocycles. The molecule has 0 saturated heterocycles. The molecule has 1 N–H and O–H groups in total. The number of rotatable bonds is 4. The van der Waals surface area contributed by atoms with Crippen molar-refractivity contribution in [3.05, 3.63) is 58.4 Å². The molecule has 0 bridgehead atoms. The molecule has 0 unspecified atom stereocenters. The van der Waals surface area contributed by atoms with Crippen molar-refractivity contribution in [2.24, 2.45) is 0 Å². The molecular formula is C18H21Cl2N3. The van der Waals surface area contributed by atoms with Crippen molar-refractivity contribution in [1.82, 2.24) is 9.55 Å². The van der Waals surface area contributed by atoms with E-state index < -0.39 is 0 Å². The minimum atomic E-state index is 0. The first-order chi connectivity index (χ1) is 10.6. The van der Waals surface area contributed by atoms with Gasteiger partial charge < -0.3 is 9.88 Å². The SMILES string of the molecule is CCn1c(C)c(C)c2ccnc(NCc3ccc(Cl)cc3)c21.Cl. The van der Waals surface area contributed by atoms with Crippen LogP contribution in [-0.4, -0.2) is 9.55 Å². The number of halogens is 2. The average Bonchev–Trinajstić information content (AvgIpc) is 2.79. The molecule has 3 aromatic rings. The Hall–Kier alpha value is -1.71. The van der Waals surface area contributed by atoms with Crippen molar-refractivity contribution >= 4 is 40.7 Å². The lowest BCUT2D eigenvalue weighted by molar-refractivity contribution is 0.765. The Kier molecular flexibility index (Phi) is 5.55. The molecule has 0 radical (unpaired) electrons. The first-order valence-corrected chi connectivity index (χ1v) is 7.92. The minimum Gasteiger partial charge on any atom is -0.364 e. The van der Waals surface area contributed by atoms with Gasteiger partial charge in [-0.3, -0.25) is 0 Å². The van der Waals surface area contributed by atoms with Gasteiger partial charge in [-0.2, -0.15) is 0 Å². The summed E-state index contributed by atoms with van der Waals surface area (Å²) in [6.45, 7) is 8.18. The van der Waals surface area contributed by atoms with Crippen LogP contribution in [-0.2, 0) is 13.1 Å². The third-order valence-corrected chi connectivity index (χ3v) is 4.49. The third-order valence-electron chi connectivity index (χ3n) is 4.24. The molecule has 1 aromatic carbocycles. The van der Waals surface area contributed by atoms with Gasteiger partial charge in [-0.25, -0.2) is 4.98 Å². The Morgan fingerprint density at radius 3 is 2.48 bits per heavy atom. The lowest BCUT2D eigenvalue weighted by Crippen LogP contribution is -2.05. The van der Waals surface area contributed by atoms with Gasteiger partial charge in [-0.1, -0.05) is 23.7 Å². The predicted molar refractivity (Wildman–Crippen MR) is 101 cm³/mol. The summed E-state index contributed by atoms with van der Waals surface area (Å²) in [5, 5.41) is 5.49. The largest absolute Gasteiger partial charge is 0.364 e. The molecular weight excluding hydrogens is 329 g/mol. The number of aryl methyl sites for hydroxylation is 2. The molecule has 0 saturated carbocycles.